The van der Waals surface area contributed by atoms with E-state index in [0.29, 0.717) is 11.6 Å². The number of hydrogen-bond acceptors (Lipinski definition) is 5. The van der Waals surface area contributed by atoms with E-state index in [0.717, 1.165) is 0 Å². The minimum Gasteiger partial charge on any atom is -0.367 e. The molecule has 2 aromatic rings. The molecule has 2 fully saturated rings. The van der Waals surface area contributed by atoms with Crippen LogP contribution < -0.4 is 10.6 Å². The summed E-state index contributed by atoms with van der Waals surface area (Å²) in [5.41, 5.74) is 0.203. The van der Waals surface area contributed by atoms with Gasteiger partial charge in [-0.3, -0.25) is 0 Å². The summed E-state index contributed by atoms with van der Waals surface area (Å²) < 4.78 is 67.1. The van der Waals surface area contributed by atoms with E-state index < -0.39 is 24.6 Å². The summed E-state index contributed by atoms with van der Waals surface area (Å²) in [6.45, 7) is -0.747. The van der Waals surface area contributed by atoms with Crippen LogP contribution in [0.3, 0.4) is 0 Å². The van der Waals surface area contributed by atoms with Gasteiger partial charge in [0, 0.05) is 50.0 Å². The predicted molar refractivity (Wildman–Crippen MR) is 96.4 cm³/mol. The Morgan fingerprint density at radius 3 is 2.14 bits per heavy atom. The van der Waals surface area contributed by atoms with Gasteiger partial charge in [-0.1, -0.05) is 0 Å². The zero-order valence-electron chi connectivity index (χ0n) is 15.5. The summed E-state index contributed by atoms with van der Waals surface area (Å²) in [5, 5.41) is 10.1. The van der Waals surface area contributed by atoms with Crippen molar-refractivity contribution in [2.45, 2.75) is 69.1 Å². The molecule has 2 heterocycles. The van der Waals surface area contributed by atoms with Crippen molar-refractivity contribution >= 4 is 11.6 Å². The minimum absolute atomic E-state index is 0.129. The second kappa shape index (κ2) is 7.42. The molecule has 2 aromatic heterocycles. The summed E-state index contributed by atoms with van der Waals surface area (Å²) in [4.78, 5) is 8.63. The molecule has 0 radical (unpaired) electrons. The van der Waals surface area contributed by atoms with E-state index in [1.165, 1.54) is 16.9 Å². The van der Waals surface area contributed by atoms with Crippen LogP contribution in [0.2, 0.25) is 0 Å². The van der Waals surface area contributed by atoms with Crippen molar-refractivity contribution in [2.75, 3.05) is 10.6 Å². The normalized spacial score (nSPS) is 21.6. The summed E-state index contributed by atoms with van der Waals surface area (Å²) >= 11 is 0. The molecule has 2 aliphatic carbocycles. The van der Waals surface area contributed by atoms with Crippen molar-refractivity contribution < 1.29 is 22.0 Å². The van der Waals surface area contributed by atoms with Crippen LogP contribution in [0, 0.1) is 0 Å². The van der Waals surface area contributed by atoms with Crippen molar-refractivity contribution in [3.63, 3.8) is 0 Å². The van der Waals surface area contributed by atoms with Crippen LogP contribution in [0.15, 0.2) is 18.3 Å². The van der Waals surface area contributed by atoms with Crippen LogP contribution in [0.25, 0.3) is 5.95 Å². The molecule has 0 aromatic carbocycles. The highest BCUT2D eigenvalue weighted by molar-refractivity contribution is 5.51. The Kier molecular flexibility index (Phi) is 5.07. The van der Waals surface area contributed by atoms with E-state index in [1.807, 2.05) is 0 Å². The standard InChI is InChI=1S/C18H21F5N6/c19-10-12-3-6-29(28-12)16-26-14(24-11-1-4-17(20,21)5-2-11)7-15(27-16)25-13-8-18(22,23)9-13/h3,6-7,11,13H,1-2,4-5,8-10H2,(H2,24,25,26,27). The predicted octanol–water partition coefficient (Wildman–Crippen LogP) is 4.33. The molecule has 2 N–H and O–H groups in total. The Labute approximate surface area is 163 Å². The number of anilines is 2. The number of alkyl halides is 5. The lowest BCUT2D eigenvalue weighted by Crippen LogP contribution is -2.44. The number of nitrogens with one attached hydrogen (secondary N) is 2. The molecule has 0 spiro atoms. The molecule has 11 heteroatoms. The fraction of sp³-hybridized carbons (Fsp3) is 0.611. The quantitative estimate of drug-likeness (QED) is 0.686. The summed E-state index contributed by atoms with van der Waals surface area (Å²) in [6, 6.07) is 2.43. The number of hydrogen-bond donors (Lipinski definition) is 2. The molecular weight excluding hydrogens is 395 g/mol. The Balaban J connectivity index is 1.54. The van der Waals surface area contributed by atoms with Gasteiger partial charge in [0.2, 0.25) is 5.92 Å². The van der Waals surface area contributed by atoms with E-state index in [-0.39, 0.29) is 56.2 Å². The molecule has 4 rings (SSSR count). The van der Waals surface area contributed by atoms with Gasteiger partial charge >= 0.3 is 0 Å². The van der Waals surface area contributed by atoms with Gasteiger partial charge in [0.15, 0.2) is 0 Å². The smallest absolute Gasteiger partial charge is 0.254 e. The highest BCUT2D eigenvalue weighted by atomic mass is 19.3. The first-order valence-electron chi connectivity index (χ1n) is 9.50. The maximum absolute atomic E-state index is 13.4. The third-order valence-electron chi connectivity index (χ3n) is 5.21. The SMILES string of the molecule is FCc1ccn(-c2nc(NC3CCC(F)(F)CC3)cc(NC3CC(F)(F)C3)n2)n1. The third-order valence-corrected chi connectivity index (χ3v) is 5.21. The molecule has 6 nitrogen and oxygen atoms in total. The van der Waals surface area contributed by atoms with Crippen molar-refractivity contribution in [2.24, 2.45) is 0 Å². The second-order valence-electron chi connectivity index (χ2n) is 7.70. The average molecular weight is 416 g/mol. The van der Waals surface area contributed by atoms with Gasteiger partial charge in [-0.05, 0) is 18.9 Å². The van der Waals surface area contributed by atoms with E-state index in [2.05, 4.69) is 25.7 Å². The molecule has 0 amide bonds. The van der Waals surface area contributed by atoms with Crippen LogP contribution in [-0.4, -0.2) is 43.7 Å². The van der Waals surface area contributed by atoms with E-state index in [4.69, 9.17) is 0 Å². The lowest BCUT2D eigenvalue weighted by molar-refractivity contribution is -0.0794. The van der Waals surface area contributed by atoms with Gasteiger partial charge in [0.05, 0.1) is 5.69 Å². The van der Waals surface area contributed by atoms with Crippen molar-refractivity contribution in [1.29, 1.82) is 0 Å². The fourth-order valence-electron chi connectivity index (χ4n) is 3.60. The highest BCUT2D eigenvalue weighted by Crippen LogP contribution is 2.39. The zero-order valence-corrected chi connectivity index (χ0v) is 15.5. The summed E-state index contributed by atoms with van der Waals surface area (Å²) in [7, 11) is 0. The highest BCUT2D eigenvalue weighted by Gasteiger charge is 2.45. The van der Waals surface area contributed by atoms with E-state index in [1.54, 1.807) is 6.07 Å². The van der Waals surface area contributed by atoms with E-state index >= 15 is 0 Å². The van der Waals surface area contributed by atoms with Crippen LogP contribution in [0.5, 0.6) is 0 Å². The van der Waals surface area contributed by atoms with Gasteiger partial charge in [0.1, 0.15) is 18.3 Å². The number of aromatic nitrogens is 4. The molecule has 158 valence electrons. The Bertz CT molecular complexity index is 852. The topological polar surface area (TPSA) is 67.7 Å². The maximum atomic E-state index is 13.4. The Morgan fingerprint density at radius 1 is 0.966 bits per heavy atom. The van der Waals surface area contributed by atoms with Crippen LogP contribution in [0.4, 0.5) is 33.6 Å². The van der Waals surface area contributed by atoms with Crippen molar-refractivity contribution in [3.8, 4) is 5.95 Å². The zero-order chi connectivity index (χ0) is 20.6. The van der Waals surface area contributed by atoms with Crippen LogP contribution in [0.1, 0.15) is 44.2 Å². The van der Waals surface area contributed by atoms with E-state index in [9.17, 15) is 22.0 Å². The first-order valence-corrected chi connectivity index (χ1v) is 9.50. The Morgan fingerprint density at radius 2 is 1.59 bits per heavy atom. The number of halogens is 5. The van der Waals surface area contributed by atoms with Gasteiger partial charge in [-0.15, -0.1) is 0 Å². The van der Waals surface area contributed by atoms with Crippen molar-refractivity contribution in [3.05, 3.63) is 24.0 Å². The Hall–Kier alpha value is -2.46. The molecule has 0 saturated heterocycles. The van der Waals surface area contributed by atoms with Gasteiger partial charge < -0.3 is 10.6 Å². The fourth-order valence-corrected chi connectivity index (χ4v) is 3.60. The molecule has 2 saturated carbocycles. The lowest BCUT2D eigenvalue weighted by Gasteiger charge is -2.35. The molecule has 0 atom stereocenters. The molecule has 0 aliphatic heterocycles. The monoisotopic (exact) mass is 416 g/mol. The largest absolute Gasteiger partial charge is 0.367 e. The van der Waals surface area contributed by atoms with Gasteiger partial charge in [0.25, 0.3) is 11.9 Å². The molecule has 29 heavy (non-hydrogen) atoms. The number of rotatable bonds is 6. The first kappa shape index (κ1) is 19.8. The maximum Gasteiger partial charge on any atom is 0.254 e. The van der Waals surface area contributed by atoms with Gasteiger partial charge in [-0.2, -0.15) is 15.1 Å². The first-order chi connectivity index (χ1) is 13.7. The molecule has 0 bridgehead atoms. The molecular formula is C18H21F5N6. The summed E-state index contributed by atoms with van der Waals surface area (Å²) in [6.07, 6.45) is 1.08. The summed E-state index contributed by atoms with van der Waals surface area (Å²) in [5.74, 6) is -4.51. The van der Waals surface area contributed by atoms with Crippen LogP contribution >= 0.6 is 0 Å². The minimum atomic E-state index is -2.68. The molecule has 2 aliphatic rings. The number of nitrogens with zero attached hydrogens (tertiary/aromatic N) is 4. The van der Waals surface area contributed by atoms with Crippen molar-refractivity contribution in [1.82, 2.24) is 19.7 Å². The average Bonchev–Trinajstić information content (AvgIpc) is 3.11. The molecule has 0 unspecified atom stereocenters. The second-order valence-corrected chi connectivity index (χ2v) is 7.70. The lowest BCUT2D eigenvalue weighted by atomic mass is 9.88. The third kappa shape index (κ3) is 4.76. The van der Waals surface area contributed by atoms with Gasteiger partial charge in [-0.25, -0.2) is 26.6 Å². The van der Waals surface area contributed by atoms with Crippen LogP contribution in [-0.2, 0) is 6.67 Å².